The van der Waals surface area contributed by atoms with Crippen LogP contribution in [0.25, 0.3) is 0 Å². The van der Waals surface area contributed by atoms with Crippen molar-refractivity contribution in [3.05, 3.63) is 35.9 Å². The van der Waals surface area contributed by atoms with Gasteiger partial charge in [-0.1, -0.05) is 51.1 Å². The maximum atomic E-state index is 12.1. The van der Waals surface area contributed by atoms with Gasteiger partial charge in [-0.25, -0.2) is 0 Å². The molecule has 112 valence electrons. The largest absolute Gasteiger partial charge is 0.351 e. The van der Waals surface area contributed by atoms with Crippen molar-refractivity contribution in [1.82, 2.24) is 5.32 Å². The van der Waals surface area contributed by atoms with Crippen molar-refractivity contribution in [2.75, 3.05) is 0 Å². The molecule has 0 aliphatic carbocycles. The van der Waals surface area contributed by atoms with E-state index in [2.05, 4.69) is 26.1 Å². The van der Waals surface area contributed by atoms with Crippen molar-refractivity contribution in [2.24, 2.45) is 5.73 Å². The predicted octanol–water partition coefficient (Wildman–Crippen LogP) is 3.55. The molecule has 0 radical (unpaired) electrons. The summed E-state index contributed by atoms with van der Waals surface area (Å²) in [6.45, 7) is 6.38. The SMILES string of the molecule is CCC(CC)(CC)NC(=O)CCC(N)c1ccccc1. The lowest BCUT2D eigenvalue weighted by atomic mass is 9.89. The normalized spacial score (nSPS) is 13.0. The third-order valence-electron chi connectivity index (χ3n) is 4.35. The van der Waals surface area contributed by atoms with E-state index in [-0.39, 0.29) is 17.5 Å². The average molecular weight is 276 g/mol. The van der Waals surface area contributed by atoms with E-state index in [0.717, 1.165) is 24.8 Å². The van der Waals surface area contributed by atoms with Crippen molar-refractivity contribution in [3.63, 3.8) is 0 Å². The first-order valence-corrected chi connectivity index (χ1v) is 7.68. The number of carbonyl (C=O) groups excluding carboxylic acids is 1. The average Bonchev–Trinajstić information content (AvgIpc) is 2.51. The lowest BCUT2D eigenvalue weighted by Crippen LogP contribution is -2.47. The van der Waals surface area contributed by atoms with Crippen LogP contribution in [0.3, 0.4) is 0 Å². The second-order valence-corrected chi connectivity index (χ2v) is 5.45. The van der Waals surface area contributed by atoms with E-state index in [9.17, 15) is 4.79 Å². The first kappa shape index (κ1) is 16.7. The molecule has 0 saturated heterocycles. The number of nitrogens with two attached hydrogens (primary N) is 1. The van der Waals surface area contributed by atoms with Gasteiger partial charge in [-0.2, -0.15) is 0 Å². The Kier molecular flexibility index (Phi) is 6.73. The lowest BCUT2D eigenvalue weighted by molar-refractivity contribution is -0.123. The molecule has 0 spiro atoms. The first-order chi connectivity index (χ1) is 9.56. The number of nitrogens with one attached hydrogen (secondary N) is 1. The van der Waals surface area contributed by atoms with Crippen LogP contribution in [0.2, 0.25) is 0 Å². The van der Waals surface area contributed by atoms with Gasteiger partial charge in [-0.05, 0) is 31.2 Å². The minimum Gasteiger partial charge on any atom is -0.351 e. The Morgan fingerprint density at radius 1 is 1.15 bits per heavy atom. The van der Waals surface area contributed by atoms with E-state index < -0.39 is 0 Å². The molecular formula is C17H28N2O. The Balaban J connectivity index is 2.47. The van der Waals surface area contributed by atoms with Gasteiger partial charge in [0.25, 0.3) is 0 Å². The highest BCUT2D eigenvalue weighted by Gasteiger charge is 2.25. The van der Waals surface area contributed by atoms with Gasteiger partial charge in [0, 0.05) is 18.0 Å². The summed E-state index contributed by atoms with van der Waals surface area (Å²) in [4.78, 5) is 12.1. The molecule has 0 aliphatic rings. The van der Waals surface area contributed by atoms with Gasteiger partial charge >= 0.3 is 0 Å². The number of rotatable bonds is 8. The monoisotopic (exact) mass is 276 g/mol. The summed E-state index contributed by atoms with van der Waals surface area (Å²) in [5.74, 6) is 0.113. The number of hydrogen-bond acceptors (Lipinski definition) is 2. The molecule has 1 rings (SSSR count). The van der Waals surface area contributed by atoms with E-state index >= 15 is 0 Å². The molecule has 0 fully saturated rings. The van der Waals surface area contributed by atoms with Crippen molar-refractivity contribution < 1.29 is 4.79 Å². The summed E-state index contributed by atoms with van der Waals surface area (Å²) in [5, 5.41) is 3.19. The van der Waals surface area contributed by atoms with E-state index in [1.807, 2.05) is 30.3 Å². The van der Waals surface area contributed by atoms with Gasteiger partial charge in [-0.3, -0.25) is 4.79 Å². The highest BCUT2D eigenvalue weighted by Crippen LogP contribution is 2.20. The third kappa shape index (κ3) is 4.64. The number of hydrogen-bond donors (Lipinski definition) is 2. The Morgan fingerprint density at radius 2 is 1.70 bits per heavy atom. The number of benzene rings is 1. The summed E-state index contributed by atoms with van der Waals surface area (Å²) in [5.41, 5.74) is 7.17. The van der Waals surface area contributed by atoms with E-state index in [1.54, 1.807) is 0 Å². The zero-order chi connectivity index (χ0) is 15.0. The molecule has 3 nitrogen and oxygen atoms in total. The molecule has 0 aromatic heterocycles. The third-order valence-corrected chi connectivity index (χ3v) is 4.35. The Bertz CT molecular complexity index is 390. The van der Waals surface area contributed by atoms with Gasteiger partial charge in [0.05, 0.1) is 0 Å². The van der Waals surface area contributed by atoms with Crippen LogP contribution < -0.4 is 11.1 Å². The van der Waals surface area contributed by atoms with Crippen LogP contribution in [0.1, 0.15) is 64.5 Å². The molecule has 1 unspecified atom stereocenters. The predicted molar refractivity (Wildman–Crippen MR) is 84.4 cm³/mol. The molecule has 0 aliphatic heterocycles. The molecule has 3 heteroatoms. The molecule has 1 amide bonds. The molecule has 0 saturated carbocycles. The molecule has 1 atom stereocenters. The molecule has 1 aromatic rings. The van der Waals surface area contributed by atoms with Crippen LogP contribution in [0, 0.1) is 0 Å². The van der Waals surface area contributed by atoms with E-state index in [4.69, 9.17) is 5.73 Å². The van der Waals surface area contributed by atoms with Gasteiger partial charge in [-0.15, -0.1) is 0 Å². The molecular weight excluding hydrogens is 248 g/mol. The fraction of sp³-hybridized carbons (Fsp3) is 0.588. The van der Waals surface area contributed by atoms with E-state index in [1.165, 1.54) is 0 Å². The summed E-state index contributed by atoms with van der Waals surface area (Å²) >= 11 is 0. The molecule has 0 heterocycles. The van der Waals surface area contributed by atoms with Gasteiger partial charge in [0.1, 0.15) is 0 Å². The van der Waals surface area contributed by atoms with Gasteiger partial charge < -0.3 is 11.1 Å². The minimum atomic E-state index is -0.0683. The van der Waals surface area contributed by atoms with Crippen LogP contribution in [0.4, 0.5) is 0 Å². The van der Waals surface area contributed by atoms with Crippen molar-refractivity contribution in [3.8, 4) is 0 Å². The van der Waals surface area contributed by atoms with Crippen molar-refractivity contribution >= 4 is 5.91 Å². The fourth-order valence-corrected chi connectivity index (χ4v) is 2.53. The topological polar surface area (TPSA) is 55.1 Å². The molecule has 1 aromatic carbocycles. The Labute approximate surface area is 122 Å². The smallest absolute Gasteiger partial charge is 0.220 e. The summed E-state index contributed by atoms with van der Waals surface area (Å²) < 4.78 is 0. The van der Waals surface area contributed by atoms with Gasteiger partial charge in [0.15, 0.2) is 0 Å². The second-order valence-electron chi connectivity index (χ2n) is 5.45. The van der Waals surface area contributed by atoms with Crippen LogP contribution in [-0.2, 0) is 4.79 Å². The van der Waals surface area contributed by atoms with E-state index in [0.29, 0.717) is 12.8 Å². The van der Waals surface area contributed by atoms with Crippen LogP contribution in [-0.4, -0.2) is 11.4 Å². The Hall–Kier alpha value is -1.35. The highest BCUT2D eigenvalue weighted by molar-refractivity contribution is 5.76. The molecule has 20 heavy (non-hydrogen) atoms. The maximum Gasteiger partial charge on any atom is 0.220 e. The second kappa shape index (κ2) is 8.05. The van der Waals surface area contributed by atoms with Crippen molar-refractivity contribution in [2.45, 2.75) is 64.5 Å². The van der Waals surface area contributed by atoms with Crippen molar-refractivity contribution in [1.29, 1.82) is 0 Å². The minimum absolute atomic E-state index is 0.0477. The summed E-state index contributed by atoms with van der Waals surface area (Å²) in [6, 6.07) is 9.88. The highest BCUT2D eigenvalue weighted by atomic mass is 16.1. The standard InChI is InChI=1S/C17H28N2O/c1-4-17(5-2,6-3)19-16(20)13-12-15(18)14-10-8-7-9-11-14/h7-11,15H,4-6,12-13,18H2,1-3H3,(H,19,20). The number of amides is 1. The quantitative estimate of drug-likeness (QED) is 0.763. The van der Waals surface area contributed by atoms with Gasteiger partial charge in [0.2, 0.25) is 5.91 Å². The van der Waals surface area contributed by atoms with Crippen LogP contribution in [0.5, 0.6) is 0 Å². The molecule has 0 bridgehead atoms. The summed E-state index contributed by atoms with van der Waals surface area (Å²) in [6.07, 6.45) is 4.07. The maximum absolute atomic E-state index is 12.1. The number of carbonyl (C=O) groups is 1. The summed E-state index contributed by atoms with van der Waals surface area (Å²) in [7, 11) is 0. The molecule has 3 N–H and O–H groups in total. The fourth-order valence-electron chi connectivity index (χ4n) is 2.53. The zero-order valence-electron chi connectivity index (χ0n) is 13.0. The van der Waals surface area contributed by atoms with Crippen LogP contribution >= 0.6 is 0 Å². The lowest BCUT2D eigenvalue weighted by Gasteiger charge is -2.32. The van der Waals surface area contributed by atoms with Crippen LogP contribution in [0.15, 0.2) is 30.3 Å². The first-order valence-electron chi connectivity index (χ1n) is 7.68. The Morgan fingerprint density at radius 3 is 2.20 bits per heavy atom. The zero-order valence-corrected chi connectivity index (χ0v) is 13.0.